The minimum absolute atomic E-state index is 0.671. The van der Waals surface area contributed by atoms with Gasteiger partial charge in [-0.3, -0.25) is 0 Å². The van der Waals surface area contributed by atoms with Crippen molar-refractivity contribution >= 4 is 0 Å². The fourth-order valence-electron chi connectivity index (χ4n) is 1.39. The van der Waals surface area contributed by atoms with Crippen molar-refractivity contribution in [3.05, 3.63) is 35.9 Å². The first-order valence-corrected chi connectivity index (χ1v) is 4.71. The first-order valence-electron chi connectivity index (χ1n) is 4.71. The van der Waals surface area contributed by atoms with E-state index in [0.29, 0.717) is 5.92 Å². The van der Waals surface area contributed by atoms with E-state index in [4.69, 9.17) is 0 Å². The molecule has 2 atom stereocenters. The van der Waals surface area contributed by atoms with Crippen molar-refractivity contribution < 1.29 is 0 Å². The molecule has 0 bridgehead atoms. The topological polar surface area (TPSA) is 0 Å². The molecule has 0 heteroatoms. The number of hydrogen-bond acceptors (Lipinski definition) is 0. The molecule has 1 aromatic carbocycles. The zero-order chi connectivity index (χ0) is 8.97. The molecule has 0 nitrogen and oxygen atoms in total. The number of hydrogen-bond donors (Lipinski definition) is 0. The smallest absolute Gasteiger partial charge is 0.0165 e. The van der Waals surface area contributed by atoms with Gasteiger partial charge in [-0.1, -0.05) is 51.5 Å². The van der Waals surface area contributed by atoms with Crippen LogP contribution in [0.3, 0.4) is 0 Å². The van der Waals surface area contributed by atoms with E-state index in [0.717, 1.165) is 5.92 Å². The minimum atomic E-state index is 0.671. The Labute approximate surface area is 75.6 Å². The lowest BCUT2D eigenvalue weighted by Gasteiger charge is -2.18. The molecule has 0 aliphatic heterocycles. The number of benzene rings is 1. The van der Waals surface area contributed by atoms with Crippen LogP contribution < -0.4 is 0 Å². The third kappa shape index (κ3) is 2.10. The molecule has 0 aliphatic carbocycles. The van der Waals surface area contributed by atoms with Gasteiger partial charge in [0.25, 0.3) is 0 Å². The summed E-state index contributed by atoms with van der Waals surface area (Å²) in [5, 5.41) is 0. The van der Waals surface area contributed by atoms with Crippen LogP contribution in [0.5, 0.6) is 0 Å². The molecule has 1 radical (unpaired) electrons. The van der Waals surface area contributed by atoms with Gasteiger partial charge in [-0.15, -0.1) is 0 Å². The first-order chi connectivity index (χ1) is 5.75. The van der Waals surface area contributed by atoms with Crippen LogP contribution in [0.4, 0.5) is 0 Å². The molecule has 0 saturated heterocycles. The van der Waals surface area contributed by atoms with E-state index >= 15 is 0 Å². The van der Waals surface area contributed by atoms with Crippen LogP contribution in [-0.2, 0) is 0 Å². The van der Waals surface area contributed by atoms with Crippen LogP contribution in [0.15, 0.2) is 24.3 Å². The summed E-state index contributed by atoms with van der Waals surface area (Å²) in [6, 6.07) is 11.4. The summed E-state index contributed by atoms with van der Waals surface area (Å²) in [6.07, 6.45) is 1.25. The summed E-state index contributed by atoms with van der Waals surface area (Å²) in [6.45, 7) is 6.85. The molecular weight excluding hydrogens is 144 g/mol. The normalized spacial score (nSPS) is 15.6. The molecule has 65 valence electrons. The van der Waals surface area contributed by atoms with Gasteiger partial charge in [0.15, 0.2) is 0 Å². The predicted octanol–water partition coefficient (Wildman–Crippen LogP) is 3.64. The van der Waals surface area contributed by atoms with E-state index in [1.165, 1.54) is 12.0 Å². The summed E-state index contributed by atoms with van der Waals surface area (Å²) >= 11 is 0. The number of rotatable bonds is 3. The average molecular weight is 161 g/mol. The summed E-state index contributed by atoms with van der Waals surface area (Å²) in [7, 11) is 0. The molecule has 0 fully saturated rings. The standard InChI is InChI=1S/C12H17/c1-4-10(2)11(3)12-8-6-5-7-9-12/h6-11H,4H2,1-3H3. The van der Waals surface area contributed by atoms with E-state index in [-0.39, 0.29) is 0 Å². The van der Waals surface area contributed by atoms with E-state index in [9.17, 15) is 0 Å². The van der Waals surface area contributed by atoms with Gasteiger partial charge in [-0.25, -0.2) is 0 Å². The highest BCUT2D eigenvalue weighted by Gasteiger charge is 2.11. The van der Waals surface area contributed by atoms with Gasteiger partial charge >= 0.3 is 0 Å². The Morgan fingerprint density at radius 1 is 1.25 bits per heavy atom. The Bertz CT molecular complexity index is 213. The third-order valence-corrected chi connectivity index (χ3v) is 2.77. The maximum atomic E-state index is 3.04. The van der Waals surface area contributed by atoms with Crippen molar-refractivity contribution in [2.75, 3.05) is 0 Å². The van der Waals surface area contributed by atoms with E-state index < -0.39 is 0 Å². The lowest BCUT2D eigenvalue weighted by atomic mass is 9.87. The Kier molecular flexibility index (Phi) is 3.33. The van der Waals surface area contributed by atoms with Crippen molar-refractivity contribution in [1.29, 1.82) is 0 Å². The van der Waals surface area contributed by atoms with Gasteiger partial charge < -0.3 is 0 Å². The lowest BCUT2D eigenvalue weighted by Crippen LogP contribution is -2.04. The van der Waals surface area contributed by atoms with Crippen LogP contribution in [0, 0.1) is 12.0 Å². The zero-order valence-electron chi connectivity index (χ0n) is 8.17. The second-order valence-corrected chi connectivity index (χ2v) is 3.51. The average Bonchev–Trinajstić information content (AvgIpc) is 2.17. The molecule has 0 aromatic heterocycles. The Morgan fingerprint density at radius 3 is 2.33 bits per heavy atom. The van der Waals surface area contributed by atoms with Crippen LogP contribution in [0.2, 0.25) is 0 Å². The van der Waals surface area contributed by atoms with Crippen molar-refractivity contribution in [2.45, 2.75) is 33.1 Å². The van der Waals surface area contributed by atoms with Gasteiger partial charge in [0, 0.05) is 0 Å². The maximum absolute atomic E-state index is 3.04. The molecule has 0 spiro atoms. The summed E-state index contributed by atoms with van der Waals surface area (Å²) in [5.74, 6) is 1.44. The van der Waals surface area contributed by atoms with E-state index in [1.54, 1.807) is 0 Å². The zero-order valence-corrected chi connectivity index (χ0v) is 8.17. The molecule has 0 aliphatic rings. The largest absolute Gasteiger partial charge is 0.0651 e. The quantitative estimate of drug-likeness (QED) is 0.635. The van der Waals surface area contributed by atoms with Gasteiger partial charge in [-0.2, -0.15) is 0 Å². The third-order valence-electron chi connectivity index (χ3n) is 2.77. The highest BCUT2D eigenvalue weighted by atomic mass is 14.2. The van der Waals surface area contributed by atoms with E-state index in [2.05, 4.69) is 39.0 Å². The van der Waals surface area contributed by atoms with Crippen molar-refractivity contribution in [3.63, 3.8) is 0 Å². The SMILES string of the molecule is CCC(C)C(C)c1cc[c]cc1. The van der Waals surface area contributed by atoms with Crippen LogP contribution >= 0.6 is 0 Å². The molecule has 0 heterocycles. The highest BCUT2D eigenvalue weighted by molar-refractivity contribution is 5.18. The van der Waals surface area contributed by atoms with Gasteiger partial charge in [-0.05, 0) is 23.5 Å². The van der Waals surface area contributed by atoms with Gasteiger partial charge in [0.2, 0.25) is 0 Å². The molecule has 0 amide bonds. The molecule has 0 saturated carbocycles. The Balaban J connectivity index is 2.71. The molecule has 0 N–H and O–H groups in total. The van der Waals surface area contributed by atoms with Gasteiger partial charge in [0.05, 0.1) is 0 Å². The molecule has 1 rings (SSSR count). The highest BCUT2D eigenvalue weighted by Crippen LogP contribution is 2.25. The van der Waals surface area contributed by atoms with Crippen LogP contribution in [0.25, 0.3) is 0 Å². The summed E-state index contributed by atoms with van der Waals surface area (Å²) < 4.78 is 0. The van der Waals surface area contributed by atoms with Crippen molar-refractivity contribution in [1.82, 2.24) is 0 Å². The molecule has 12 heavy (non-hydrogen) atoms. The molecule has 2 unspecified atom stereocenters. The lowest BCUT2D eigenvalue weighted by molar-refractivity contribution is 0.473. The van der Waals surface area contributed by atoms with Gasteiger partial charge in [0.1, 0.15) is 0 Å². The second-order valence-electron chi connectivity index (χ2n) is 3.51. The van der Waals surface area contributed by atoms with Crippen molar-refractivity contribution in [2.24, 2.45) is 5.92 Å². The Morgan fingerprint density at radius 2 is 1.83 bits per heavy atom. The minimum Gasteiger partial charge on any atom is -0.0651 e. The van der Waals surface area contributed by atoms with E-state index in [1.807, 2.05) is 12.1 Å². The first kappa shape index (κ1) is 9.31. The fraction of sp³-hybridized carbons (Fsp3) is 0.500. The summed E-state index contributed by atoms with van der Waals surface area (Å²) in [4.78, 5) is 0. The molecular formula is C12H17. The Hall–Kier alpha value is -0.780. The summed E-state index contributed by atoms with van der Waals surface area (Å²) in [5.41, 5.74) is 1.43. The molecule has 1 aromatic rings. The van der Waals surface area contributed by atoms with Crippen molar-refractivity contribution in [3.8, 4) is 0 Å². The maximum Gasteiger partial charge on any atom is -0.0165 e. The van der Waals surface area contributed by atoms with Crippen LogP contribution in [0.1, 0.15) is 38.7 Å². The predicted molar refractivity (Wildman–Crippen MR) is 53.1 cm³/mol. The fourth-order valence-corrected chi connectivity index (χ4v) is 1.39. The van der Waals surface area contributed by atoms with Crippen LogP contribution in [-0.4, -0.2) is 0 Å². The second kappa shape index (κ2) is 4.30. The monoisotopic (exact) mass is 161 g/mol.